The normalized spacial score (nSPS) is 17.0. The summed E-state index contributed by atoms with van der Waals surface area (Å²) in [6, 6.07) is 1.68. The number of hydrogen-bond donors (Lipinski definition) is 2. The topological polar surface area (TPSA) is 115 Å². The van der Waals surface area contributed by atoms with E-state index in [2.05, 4.69) is 15.5 Å². The number of hydrogen-bond acceptors (Lipinski definition) is 6. The molecule has 1 aliphatic heterocycles. The molecule has 1 aliphatic rings. The number of ether oxygens (including phenoxy) is 1. The summed E-state index contributed by atoms with van der Waals surface area (Å²) in [6.45, 7) is 6.22. The molecule has 2 aromatic rings. The van der Waals surface area contributed by atoms with Gasteiger partial charge in [-0.3, -0.25) is 4.79 Å². The van der Waals surface area contributed by atoms with Gasteiger partial charge in [-0.1, -0.05) is 19.0 Å². The molecule has 1 fully saturated rings. The van der Waals surface area contributed by atoms with Crippen LogP contribution in [-0.2, 0) is 9.53 Å². The van der Waals surface area contributed by atoms with Crippen LogP contribution in [0.25, 0.3) is 11.1 Å². The Morgan fingerprint density at radius 2 is 2.00 bits per heavy atom. The first kappa shape index (κ1) is 17.3. The molecule has 2 N–H and O–H groups in total. The van der Waals surface area contributed by atoms with Crippen molar-refractivity contribution in [2.45, 2.75) is 45.1 Å². The van der Waals surface area contributed by atoms with Crippen LogP contribution in [0.4, 0.5) is 0 Å². The molecular formula is C17H21N3O5. The third-order valence-corrected chi connectivity index (χ3v) is 4.58. The molecule has 0 saturated carbocycles. The Morgan fingerprint density at radius 1 is 1.32 bits per heavy atom. The number of rotatable bonds is 4. The third kappa shape index (κ3) is 3.09. The minimum atomic E-state index is -1.33. The largest absolute Gasteiger partial charge is 0.480 e. The Labute approximate surface area is 144 Å². The zero-order valence-corrected chi connectivity index (χ0v) is 14.5. The van der Waals surface area contributed by atoms with Crippen LogP contribution >= 0.6 is 0 Å². The first-order chi connectivity index (χ1) is 11.8. The zero-order valence-electron chi connectivity index (χ0n) is 14.5. The summed E-state index contributed by atoms with van der Waals surface area (Å²) in [5.41, 5.74) is 0.516. The second-order valence-corrected chi connectivity index (χ2v) is 6.65. The van der Waals surface area contributed by atoms with Crippen LogP contribution in [0.5, 0.6) is 0 Å². The number of carbonyl (C=O) groups excluding carboxylic acids is 1. The second kappa shape index (κ2) is 6.44. The van der Waals surface area contributed by atoms with Crippen molar-refractivity contribution in [3.05, 3.63) is 23.0 Å². The lowest BCUT2D eigenvalue weighted by Gasteiger charge is -2.34. The van der Waals surface area contributed by atoms with Gasteiger partial charge in [0.05, 0.1) is 16.6 Å². The number of pyridine rings is 1. The predicted octanol–water partition coefficient (Wildman–Crippen LogP) is 2.02. The first-order valence-corrected chi connectivity index (χ1v) is 8.24. The molecule has 134 valence electrons. The number of aryl methyl sites for hydroxylation is 1. The second-order valence-electron chi connectivity index (χ2n) is 6.65. The van der Waals surface area contributed by atoms with Crippen molar-refractivity contribution in [3.8, 4) is 0 Å². The Morgan fingerprint density at radius 3 is 2.60 bits per heavy atom. The van der Waals surface area contributed by atoms with E-state index in [1.807, 2.05) is 13.8 Å². The average Bonchev–Trinajstić information content (AvgIpc) is 2.96. The van der Waals surface area contributed by atoms with Crippen LogP contribution in [-0.4, -0.2) is 45.9 Å². The maximum atomic E-state index is 12.9. The molecule has 8 heteroatoms. The summed E-state index contributed by atoms with van der Waals surface area (Å²) < 4.78 is 10.5. The Bertz CT molecular complexity index is 821. The van der Waals surface area contributed by atoms with Crippen LogP contribution in [0.1, 0.15) is 54.4 Å². The van der Waals surface area contributed by atoms with E-state index in [4.69, 9.17) is 9.26 Å². The first-order valence-electron chi connectivity index (χ1n) is 8.24. The molecule has 0 spiro atoms. The highest BCUT2D eigenvalue weighted by atomic mass is 16.5. The molecule has 0 aromatic carbocycles. The van der Waals surface area contributed by atoms with Gasteiger partial charge >= 0.3 is 5.97 Å². The van der Waals surface area contributed by atoms with Gasteiger partial charge in [-0.05, 0) is 18.9 Å². The van der Waals surface area contributed by atoms with Gasteiger partial charge in [-0.2, -0.15) is 0 Å². The van der Waals surface area contributed by atoms with Crippen LogP contribution in [0, 0.1) is 6.92 Å². The Hall–Kier alpha value is -2.48. The molecule has 1 amide bonds. The highest BCUT2D eigenvalue weighted by Gasteiger charge is 2.42. The van der Waals surface area contributed by atoms with Crippen molar-refractivity contribution < 1.29 is 24.0 Å². The van der Waals surface area contributed by atoms with Crippen LogP contribution in [0.15, 0.2) is 10.6 Å². The van der Waals surface area contributed by atoms with Crippen LogP contribution in [0.2, 0.25) is 0 Å². The molecule has 3 heterocycles. The number of carbonyl (C=O) groups is 2. The summed E-state index contributed by atoms with van der Waals surface area (Å²) in [7, 11) is 0. The minimum Gasteiger partial charge on any atom is -0.480 e. The molecule has 0 radical (unpaired) electrons. The van der Waals surface area contributed by atoms with E-state index in [9.17, 15) is 14.7 Å². The van der Waals surface area contributed by atoms with Crippen LogP contribution < -0.4 is 5.32 Å². The lowest BCUT2D eigenvalue weighted by molar-refractivity contribution is -0.148. The van der Waals surface area contributed by atoms with E-state index in [0.717, 1.165) is 0 Å². The van der Waals surface area contributed by atoms with Gasteiger partial charge in [-0.15, -0.1) is 0 Å². The standard InChI is InChI=1S/C17H21N3O5/c1-9(2)12-8-11(13-10(3)20-25-15(13)18-12)14(21)19-17(16(22)23)4-6-24-7-5-17/h8-9H,4-7H2,1-3H3,(H,19,21)(H,22,23). The fraction of sp³-hybridized carbons (Fsp3) is 0.529. The van der Waals surface area contributed by atoms with E-state index < -0.39 is 17.4 Å². The van der Waals surface area contributed by atoms with E-state index in [-0.39, 0.29) is 24.5 Å². The van der Waals surface area contributed by atoms with Gasteiger partial charge in [0.25, 0.3) is 11.6 Å². The SMILES string of the molecule is Cc1noc2nc(C(C)C)cc(C(=O)NC3(C(=O)O)CCOCC3)c12. The van der Waals surface area contributed by atoms with Crippen molar-refractivity contribution >= 4 is 23.0 Å². The molecule has 0 bridgehead atoms. The summed E-state index contributed by atoms with van der Waals surface area (Å²) in [5.74, 6) is -1.44. The predicted molar refractivity (Wildman–Crippen MR) is 88.5 cm³/mol. The summed E-state index contributed by atoms with van der Waals surface area (Å²) >= 11 is 0. The monoisotopic (exact) mass is 347 g/mol. The van der Waals surface area contributed by atoms with Gasteiger partial charge in [0.1, 0.15) is 5.54 Å². The molecule has 0 atom stereocenters. The molecule has 2 aromatic heterocycles. The third-order valence-electron chi connectivity index (χ3n) is 4.58. The van der Waals surface area contributed by atoms with Crippen molar-refractivity contribution in [2.75, 3.05) is 13.2 Å². The van der Waals surface area contributed by atoms with Gasteiger partial charge in [0, 0.05) is 31.7 Å². The van der Waals surface area contributed by atoms with Crippen molar-refractivity contribution in [1.29, 1.82) is 0 Å². The number of amides is 1. The molecule has 3 rings (SSSR count). The quantitative estimate of drug-likeness (QED) is 0.869. The summed E-state index contributed by atoms with van der Waals surface area (Å²) in [5, 5.41) is 16.7. The lowest BCUT2D eigenvalue weighted by atomic mass is 9.89. The van der Waals surface area contributed by atoms with E-state index in [1.165, 1.54) is 0 Å². The van der Waals surface area contributed by atoms with E-state index >= 15 is 0 Å². The van der Waals surface area contributed by atoms with Crippen molar-refractivity contribution in [3.63, 3.8) is 0 Å². The van der Waals surface area contributed by atoms with Gasteiger partial charge in [-0.25, -0.2) is 9.78 Å². The number of carboxylic acids is 1. The van der Waals surface area contributed by atoms with Gasteiger partial charge in [0.15, 0.2) is 0 Å². The zero-order chi connectivity index (χ0) is 18.2. The number of aromatic nitrogens is 2. The highest BCUT2D eigenvalue weighted by molar-refractivity contribution is 6.07. The fourth-order valence-corrected chi connectivity index (χ4v) is 2.99. The highest BCUT2D eigenvalue weighted by Crippen LogP contribution is 2.27. The molecule has 1 saturated heterocycles. The smallest absolute Gasteiger partial charge is 0.329 e. The van der Waals surface area contributed by atoms with Crippen molar-refractivity contribution in [1.82, 2.24) is 15.5 Å². The number of carboxylic acid groups (broad SMARTS) is 1. The van der Waals surface area contributed by atoms with Crippen LogP contribution in [0.3, 0.4) is 0 Å². The van der Waals surface area contributed by atoms with Gasteiger partial charge < -0.3 is 19.7 Å². The summed E-state index contributed by atoms with van der Waals surface area (Å²) in [4.78, 5) is 29.1. The maximum absolute atomic E-state index is 12.9. The maximum Gasteiger partial charge on any atom is 0.329 e. The van der Waals surface area contributed by atoms with E-state index in [0.29, 0.717) is 35.6 Å². The minimum absolute atomic E-state index is 0.0814. The molecule has 0 unspecified atom stereocenters. The molecule has 25 heavy (non-hydrogen) atoms. The summed E-state index contributed by atoms with van der Waals surface area (Å²) in [6.07, 6.45) is 0.448. The average molecular weight is 347 g/mol. The number of nitrogens with one attached hydrogen (secondary N) is 1. The lowest BCUT2D eigenvalue weighted by Crippen LogP contribution is -2.57. The fourth-order valence-electron chi connectivity index (χ4n) is 2.99. The van der Waals surface area contributed by atoms with Crippen molar-refractivity contribution in [2.24, 2.45) is 0 Å². The number of fused-ring (bicyclic) bond motifs is 1. The number of aliphatic carboxylic acids is 1. The molecule has 0 aliphatic carbocycles. The molecular weight excluding hydrogens is 326 g/mol. The Balaban J connectivity index is 2.04. The van der Waals surface area contributed by atoms with E-state index in [1.54, 1.807) is 13.0 Å². The van der Waals surface area contributed by atoms with Gasteiger partial charge in [0.2, 0.25) is 0 Å². The molecule has 8 nitrogen and oxygen atoms in total. The Kier molecular flexibility index (Phi) is 4.47. The number of nitrogens with zero attached hydrogens (tertiary/aromatic N) is 2.